The number of para-hydroxylation sites is 1. The number of thioether (sulfide) groups is 1. The lowest BCUT2D eigenvalue weighted by atomic mass is 9.68. The fourth-order valence-electron chi connectivity index (χ4n) is 7.94. The zero-order valence-corrected chi connectivity index (χ0v) is 29.2. The topological polar surface area (TPSA) is 92.0 Å². The van der Waals surface area contributed by atoms with Crippen LogP contribution in [0.5, 0.6) is 11.5 Å². The smallest absolute Gasteiger partial charge is 0.233 e. The summed E-state index contributed by atoms with van der Waals surface area (Å²) in [4.78, 5) is 20.2. The molecule has 0 spiro atoms. The number of nitrogens with zero attached hydrogens (tertiary/aromatic N) is 4. The minimum absolute atomic E-state index is 0.0673. The molecule has 0 radical (unpaired) electrons. The summed E-state index contributed by atoms with van der Waals surface area (Å²) in [5, 5.41) is 19.9. The predicted molar refractivity (Wildman–Crippen MR) is 199 cm³/mol. The van der Waals surface area contributed by atoms with E-state index in [1.807, 2.05) is 46.8 Å². The summed E-state index contributed by atoms with van der Waals surface area (Å²) in [7, 11) is 1.91. The number of amides is 1. The highest BCUT2D eigenvalue weighted by atomic mass is 32.2. The van der Waals surface area contributed by atoms with E-state index in [2.05, 4.69) is 66.0 Å². The first kappa shape index (κ1) is 32.6. The van der Waals surface area contributed by atoms with Gasteiger partial charge in [0.25, 0.3) is 0 Å². The van der Waals surface area contributed by atoms with Crippen LogP contribution in [0.2, 0.25) is 0 Å². The molecule has 9 heteroatoms. The van der Waals surface area contributed by atoms with Crippen molar-refractivity contribution in [2.24, 2.45) is 5.92 Å². The number of aromatic hydroxyl groups is 1. The summed E-state index contributed by atoms with van der Waals surface area (Å²) in [6, 6.07) is 24.7. The molecule has 3 aromatic carbocycles. The minimum atomic E-state index is 0.0673. The molecule has 8 nitrogen and oxygen atoms in total. The third kappa shape index (κ3) is 6.64. The molecule has 2 aliphatic carbocycles. The van der Waals surface area contributed by atoms with Crippen LogP contribution in [0.4, 0.5) is 0 Å². The standard InChI is InChI=1S/C41H43N5O3S/c1-42-25-30-24-38-36-9-5-6-10-37(36)43-41(46(38)44-30)50-26-39(48)45-21-19-33(20-22-45)49-32-15-11-28(12-16-32)40-34(27-7-3-2-4-8-27)17-13-29-23-31(47)14-18-35(29)40/h3,5-12,14-16,18,23-24,33-34,40,42,47H,2,4,13,17,19-22,25-26H2,1H3. The van der Waals surface area contributed by atoms with Crippen LogP contribution >= 0.6 is 11.8 Å². The monoisotopic (exact) mass is 685 g/mol. The zero-order chi connectivity index (χ0) is 34.0. The summed E-state index contributed by atoms with van der Waals surface area (Å²) < 4.78 is 8.34. The second kappa shape index (κ2) is 14.3. The average Bonchev–Trinajstić information content (AvgIpc) is 3.59. The Balaban J connectivity index is 0.900. The van der Waals surface area contributed by atoms with Crippen LogP contribution in [0.1, 0.15) is 60.4 Å². The van der Waals surface area contributed by atoms with Gasteiger partial charge in [0.1, 0.15) is 17.6 Å². The summed E-state index contributed by atoms with van der Waals surface area (Å²) in [5.41, 5.74) is 8.11. The van der Waals surface area contributed by atoms with Crippen molar-refractivity contribution in [1.82, 2.24) is 24.8 Å². The number of ether oxygens (including phenoxy) is 1. The maximum Gasteiger partial charge on any atom is 0.233 e. The quantitative estimate of drug-likeness (QED) is 0.123. The molecule has 1 fully saturated rings. The van der Waals surface area contributed by atoms with E-state index in [-0.39, 0.29) is 17.9 Å². The molecule has 2 N–H and O–H groups in total. The van der Waals surface area contributed by atoms with Crippen molar-refractivity contribution in [3.05, 3.63) is 119 Å². The maximum atomic E-state index is 13.4. The molecule has 2 unspecified atom stereocenters. The Kier molecular flexibility index (Phi) is 9.34. The van der Waals surface area contributed by atoms with E-state index in [0.717, 1.165) is 71.5 Å². The molecule has 3 heterocycles. The molecular weight excluding hydrogens is 643 g/mol. The average molecular weight is 686 g/mol. The van der Waals surface area contributed by atoms with Gasteiger partial charge in [-0.1, -0.05) is 66.4 Å². The molecule has 50 heavy (non-hydrogen) atoms. The van der Waals surface area contributed by atoms with Crippen LogP contribution in [-0.2, 0) is 17.8 Å². The number of phenolic OH excluding ortho intramolecular Hbond substituents is 1. The number of benzene rings is 3. The third-order valence-corrected chi connectivity index (χ3v) is 11.3. The Morgan fingerprint density at radius 2 is 1.86 bits per heavy atom. The van der Waals surface area contributed by atoms with Crippen LogP contribution in [0.15, 0.2) is 102 Å². The molecule has 1 amide bonds. The molecule has 1 saturated heterocycles. The number of aromatic nitrogens is 3. The van der Waals surface area contributed by atoms with Gasteiger partial charge in [-0.2, -0.15) is 5.10 Å². The van der Waals surface area contributed by atoms with Gasteiger partial charge in [0.05, 0.1) is 22.5 Å². The van der Waals surface area contributed by atoms with E-state index in [1.165, 1.54) is 34.0 Å². The zero-order valence-electron chi connectivity index (χ0n) is 28.4. The SMILES string of the molecule is CNCc1cc2c3ccccc3nc(SCC(=O)N3CCC(Oc4ccc(C5c6ccc(O)cc6CCC5C5=CCCC=C5)cc4)CC3)n2n1. The van der Waals surface area contributed by atoms with E-state index in [4.69, 9.17) is 14.8 Å². The molecular formula is C41H43N5O3S. The van der Waals surface area contributed by atoms with Crippen LogP contribution in [0, 0.1) is 5.92 Å². The molecule has 1 aliphatic heterocycles. The number of rotatable bonds is 9. The number of piperidine rings is 1. The van der Waals surface area contributed by atoms with E-state index in [9.17, 15) is 9.90 Å². The first-order valence-corrected chi connectivity index (χ1v) is 18.8. The van der Waals surface area contributed by atoms with E-state index in [1.54, 1.807) is 0 Å². The second-order valence-corrected chi connectivity index (χ2v) is 14.6. The van der Waals surface area contributed by atoms with E-state index >= 15 is 0 Å². The Bertz CT molecular complexity index is 2080. The van der Waals surface area contributed by atoms with E-state index in [0.29, 0.717) is 37.1 Å². The van der Waals surface area contributed by atoms with Gasteiger partial charge in [-0.15, -0.1) is 0 Å². The molecule has 0 saturated carbocycles. The summed E-state index contributed by atoms with van der Waals surface area (Å²) in [6.45, 7) is 2.01. The summed E-state index contributed by atoms with van der Waals surface area (Å²) in [5.74, 6) is 2.28. The van der Waals surface area contributed by atoms with Gasteiger partial charge in [0, 0.05) is 43.8 Å². The molecule has 3 aliphatic rings. The fourth-order valence-corrected chi connectivity index (χ4v) is 8.80. The van der Waals surface area contributed by atoms with Crippen molar-refractivity contribution in [3.63, 3.8) is 0 Å². The lowest BCUT2D eigenvalue weighted by molar-refractivity contribution is -0.130. The van der Waals surface area contributed by atoms with Crippen LogP contribution in [0.25, 0.3) is 16.4 Å². The Hall–Kier alpha value is -4.60. The van der Waals surface area contributed by atoms with Crippen molar-refractivity contribution in [2.45, 2.75) is 62.2 Å². The van der Waals surface area contributed by atoms with Crippen molar-refractivity contribution in [2.75, 3.05) is 25.9 Å². The minimum Gasteiger partial charge on any atom is -0.508 e. The first-order chi connectivity index (χ1) is 24.5. The van der Waals surface area contributed by atoms with Crippen LogP contribution in [0.3, 0.4) is 0 Å². The molecule has 2 aromatic heterocycles. The lowest BCUT2D eigenvalue weighted by Crippen LogP contribution is -2.42. The number of hydrogen-bond donors (Lipinski definition) is 2. The van der Waals surface area contributed by atoms with Crippen LogP contribution in [-0.4, -0.2) is 62.5 Å². The van der Waals surface area contributed by atoms with Gasteiger partial charge in [-0.25, -0.2) is 9.50 Å². The van der Waals surface area contributed by atoms with Gasteiger partial charge >= 0.3 is 0 Å². The number of hydrogen-bond acceptors (Lipinski definition) is 7. The maximum absolute atomic E-state index is 13.4. The number of carbonyl (C=O) groups excluding carboxylic acids is 1. The lowest BCUT2D eigenvalue weighted by Gasteiger charge is -2.36. The highest BCUT2D eigenvalue weighted by Gasteiger charge is 2.33. The molecule has 2 atom stereocenters. The number of nitrogens with one attached hydrogen (secondary N) is 1. The first-order valence-electron chi connectivity index (χ1n) is 17.8. The van der Waals surface area contributed by atoms with Gasteiger partial charge in [-0.3, -0.25) is 4.79 Å². The second-order valence-electron chi connectivity index (χ2n) is 13.6. The number of fused-ring (bicyclic) bond motifs is 4. The van der Waals surface area contributed by atoms with Crippen molar-refractivity contribution >= 4 is 34.1 Å². The van der Waals surface area contributed by atoms with Gasteiger partial charge in [0.2, 0.25) is 5.91 Å². The predicted octanol–water partition coefficient (Wildman–Crippen LogP) is 7.44. The number of aryl methyl sites for hydroxylation is 1. The Morgan fingerprint density at radius 3 is 2.66 bits per heavy atom. The highest BCUT2D eigenvalue weighted by Crippen LogP contribution is 2.46. The van der Waals surface area contributed by atoms with E-state index < -0.39 is 0 Å². The van der Waals surface area contributed by atoms with Gasteiger partial charge < -0.3 is 20.1 Å². The molecule has 0 bridgehead atoms. The number of allylic oxidation sites excluding steroid dienone is 4. The summed E-state index contributed by atoms with van der Waals surface area (Å²) in [6.07, 6.45) is 12.9. The number of likely N-dealkylation sites (tertiary alicyclic amines) is 1. The molecule has 5 aromatic rings. The van der Waals surface area contributed by atoms with Gasteiger partial charge in [0.15, 0.2) is 5.16 Å². The summed E-state index contributed by atoms with van der Waals surface area (Å²) >= 11 is 1.45. The van der Waals surface area contributed by atoms with Crippen molar-refractivity contribution < 1.29 is 14.6 Å². The highest BCUT2D eigenvalue weighted by molar-refractivity contribution is 7.99. The Morgan fingerprint density at radius 1 is 1.02 bits per heavy atom. The normalized spacial score (nSPS) is 19.5. The van der Waals surface area contributed by atoms with Crippen molar-refractivity contribution in [1.29, 1.82) is 0 Å². The van der Waals surface area contributed by atoms with Crippen LogP contribution < -0.4 is 10.1 Å². The third-order valence-electron chi connectivity index (χ3n) is 10.4. The van der Waals surface area contributed by atoms with Gasteiger partial charge in [-0.05, 0) is 97.3 Å². The fraction of sp³-hybridized carbons (Fsp3) is 0.341. The largest absolute Gasteiger partial charge is 0.508 e. The Labute approximate surface area is 297 Å². The number of phenols is 1. The van der Waals surface area contributed by atoms with Crippen molar-refractivity contribution in [3.8, 4) is 11.5 Å². The molecule has 8 rings (SSSR count). The number of carbonyl (C=O) groups is 1. The molecule has 256 valence electrons.